The fraction of sp³-hybridized carbons (Fsp3) is 0.250. The van der Waals surface area contributed by atoms with Crippen molar-refractivity contribution >= 4 is 22.5 Å². The molecule has 0 bridgehead atoms. The average Bonchev–Trinajstić information content (AvgIpc) is 2.69. The van der Waals surface area contributed by atoms with Gasteiger partial charge in [-0.3, -0.25) is 0 Å². The molecule has 0 saturated heterocycles. The predicted octanol–water partition coefficient (Wildman–Crippen LogP) is 6.01. The van der Waals surface area contributed by atoms with Gasteiger partial charge in [-0.05, 0) is 49.9 Å². The van der Waals surface area contributed by atoms with Crippen LogP contribution in [0.5, 0.6) is 5.75 Å². The molecule has 0 fully saturated rings. The van der Waals surface area contributed by atoms with Crippen molar-refractivity contribution in [2.75, 3.05) is 18.0 Å². The average molecular weight is 343 g/mol. The second-order valence-corrected chi connectivity index (χ2v) is 6.97. The monoisotopic (exact) mass is 343 g/mol. The molecule has 1 aliphatic rings. The Morgan fingerprint density at radius 1 is 0.885 bits per heavy atom. The van der Waals surface area contributed by atoms with Crippen LogP contribution >= 0.6 is 0 Å². The zero-order valence-corrected chi connectivity index (χ0v) is 15.7. The third-order valence-corrected chi connectivity index (χ3v) is 5.37. The van der Waals surface area contributed by atoms with E-state index < -0.39 is 5.60 Å². The SMILES string of the molecule is CCN(CC)c1ccc(C2(C)C=Cc3ccc4ccccc4c3O2)cc1. The maximum atomic E-state index is 6.57. The van der Waals surface area contributed by atoms with Gasteiger partial charge in [0.25, 0.3) is 0 Å². The molecule has 0 spiro atoms. The van der Waals surface area contributed by atoms with Gasteiger partial charge in [-0.25, -0.2) is 0 Å². The Morgan fingerprint density at radius 2 is 1.62 bits per heavy atom. The van der Waals surface area contributed by atoms with E-state index in [4.69, 9.17) is 4.74 Å². The Morgan fingerprint density at radius 3 is 2.35 bits per heavy atom. The Bertz CT molecular complexity index is 954. The standard InChI is InChI=1S/C24H25NO/c1-4-25(5-2)21-14-12-20(13-15-21)24(3)17-16-19-11-10-18-8-6-7-9-22(18)23(19)26-24/h6-17H,4-5H2,1-3H3. The molecule has 26 heavy (non-hydrogen) atoms. The summed E-state index contributed by atoms with van der Waals surface area (Å²) in [6.45, 7) is 8.55. The van der Waals surface area contributed by atoms with Gasteiger partial charge in [0.2, 0.25) is 0 Å². The molecular weight excluding hydrogens is 318 g/mol. The van der Waals surface area contributed by atoms with Gasteiger partial charge in [0.1, 0.15) is 11.4 Å². The summed E-state index contributed by atoms with van der Waals surface area (Å²) in [7, 11) is 0. The molecule has 0 amide bonds. The van der Waals surface area contributed by atoms with Crippen molar-refractivity contribution in [1.29, 1.82) is 0 Å². The summed E-state index contributed by atoms with van der Waals surface area (Å²) in [6, 6.07) is 21.5. The van der Waals surface area contributed by atoms with E-state index in [1.54, 1.807) is 0 Å². The van der Waals surface area contributed by atoms with Crippen LogP contribution in [0.15, 0.2) is 66.7 Å². The van der Waals surface area contributed by atoms with Crippen molar-refractivity contribution in [2.24, 2.45) is 0 Å². The number of fused-ring (bicyclic) bond motifs is 3. The zero-order chi connectivity index (χ0) is 18.1. The Balaban J connectivity index is 1.72. The van der Waals surface area contributed by atoms with Crippen LogP contribution in [-0.4, -0.2) is 13.1 Å². The van der Waals surface area contributed by atoms with E-state index in [1.165, 1.54) is 22.0 Å². The van der Waals surface area contributed by atoms with Gasteiger partial charge in [-0.1, -0.05) is 54.6 Å². The molecule has 0 radical (unpaired) electrons. The molecule has 0 saturated carbocycles. The lowest BCUT2D eigenvalue weighted by Crippen LogP contribution is -2.29. The third kappa shape index (κ3) is 2.76. The molecule has 2 nitrogen and oxygen atoms in total. The third-order valence-electron chi connectivity index (χ3n) is 5.37. The van der Waals surface area contributed by atoms with Gasteiger partial charge < -0.3 is 9.64 Å². The minimum absolute atomic E-state index is 0.459. The number of hydrogen-bond donors (Lipinski definition) is 0. The van der Waals surface area contributed by atoms with E-state index >= 15 is 0 Å². The van der Waals surface area contributed by atoms with Crippen LogP contribution < -0.4 is 9.64 Å². The molecule has 1 atom stereocenters. The van der Waals surface area contributed by atoms with Crippen LogP contribution in [0.25, 0.3) is 16.8 Å². The second-order valence-electron chi connectivity index (χ2n) is 6.97. The summed E-state index contributed by atoms with van der Waals surface area (Å²) in [4.78, 5) is 2.35. The lowest BCUT2D eigenvalue weighted by atomic mass is 9.91. The minimum atomic E-state index is -0.459. The molecule has 3 aromatic carbocycles. The van der Waals surface area contributed by atoms with Crippen LogP contribution in [0, 0.1) is 0 Å². The number of anilines is 1. The number of ether oxygens (including phenoxy) is 1. The summed E-state index contributed by atoms with van der Waals surface area (Å²) in [6.07, 6.45) is 4.35. The molecular formula is C24H25NO. The number of nitrogens with zero attached hydrogens (tertiary/aromatic N) is 1. The first kappa shape index (κ1) is 16.7. The Hall–Kier alpha value is -2.74. The van der Waals surface area contributed by atoms with Gasteiger partial charge in [-0.15, -0.1) is 0 Å². The topological polar surface area (TPSA) is 12.5 Å². The summed E-state index contributed by atoms with van der Waals surface area (Å²) >= 11 is 0. The first-order valence-electron chi connectivity index (χ1n) is 9.40. The first-order valence-corrected chi connectivity index (χ1v) is 9.40. The maximum absolute atomic E-state index is 6.57. The van der Waals surface area contributed by atoms with Crippen molar-refractivity contribution in [1.82, 2.24) is 0 Å². The van der Waals surface area contributed by atoms with Gasteiger partial charge in [0.15, 0.2) is 0 Å². The normalized spacial score (nSPS) is 18.4. The highest BCUT2D eigenvalue weighted by Crippen LogP contribution is 2.41. The molecule has 0 N–H and O–H groups in total. The van der Waals surface area contributed by atoms with Gasteiger partial charge in [0, 0.05) is 29.7 Å². The van der Waals surface area contributed by atoms with E-state index in [2.05, 4.69) is 98.5 Å². The fourth-order valence-electron chi connectivity index (χ4n) is 3.75. The Labute approximate surface area is 155 Å². The van der Waals surface area contributed by atoms with Crippen molar-refractivity contribution < 1.29 is 4.74 Å². The van der Waals surface area contributed by atoms with E-state index in [1.807, 2.05) is 0 Å². The van der Waals surface area contributed by atoms with Gasteiger partial charge >= 0.3 is 0 Å². The highest BCUT2D eigenvalue weighted by molar-refractivity contribution is 5.92. The molecule has 0 aliphatic carbocycles. The largest absolute Gasteiger partial charge is 0.477 e. The van der Waals surface area contributed by atoms with Crippen molar-refractivity contribution in [2.45, 2.75) is 26.4 Å². The summed E-state index contributed by atoms with van der Waals surface area (Å²) in [5.41, 5.74) is 3.11. The van der Waals surface area contributed by atoms with Crippen LogP contribution in [0.1, 0.15) is 31.9 Å². The molecule has 4 rings (SSSR count). The van der Waals surface area contributed by atoms with Crippen LogP contribution in [0.4, 0.5) is 5.69 Å². The van der Waals surface area contributed by atoms with Crippen molar-refractivity contribution in [3.8, 4) is 5.75 Å². The van der Waals surface area contributed by atoms with Crippen LogP contribution in [0.3, 0.4) is 0 Å². The highest BCUT2D eigenvalue weighted by atomic mass is 16.5. The van der Waals surface area contributed by atoms with Gasteiger partial charge in [0.05, 0.1) is 0 Å². The summed E-state index contributed by atoms with van der Waals surface area (Å²) < 4.78 is 6.57. The zero-order valence-electron chi connectivity index (χ0n) is 15.7. The Kier molecular flexibility index (Phi) is 4.20. The minimum Gasteiger partial charge on any atom is -0.477 e. The molecule has 132 valence electrons. The van der Waals surface area contributed by atoms with E-state index in [0.717, 1.165) is 24.4 Å². The number of rotatable bonds is 4. The first-order chi connectivity index (χ1) is 12.6. The summed E-state index contributed by atoms with van der Waals surface area (Å²) in [5, 5.41) is 2.38. The molecule has 2 heteroatoms. The smallest absolute Gasteiger partial charge is 0.150 e. The molecule has 1 heterocycles. The van der Waals surface area contributed by atoms with Crippen molar-refractivity contribution in [3.05, 3.63) is 77.9 Å². The highest BCUT2D eigenvalue weighted by Gasteiger charge is 2.30. The molecule has 0 aromatic heterocycles. The quantitative estimate of drug-likeness (QED) is 0.575. The lowest BCUT2D eigenvalue weighted by molar-refractivity contribution is 0.140. The molecule has 1 unspecified atom stereocenters. The van der Waals surface area contributed by atoms with E-state index in [9.17, 15) is 0 Å². The fourth-order valence-corrected chi connectivity index (χ4v) is 3.75. The molecule has 1 aliphatic heterocycles. The van der Waals surface area contributed by atoms with Crippen LogP contribution in [0.2, 0.25) is 0 Å². The van der Waals surface area contributed by atoms with E-state index in [-0.39, 0.29) is 0 Å². The van der Waals surface area contributed by atoms with E-state index in [0.29, 0.717) is 0 Å². The predicted molar refractivity (Wildman–Crippen MR) is 111 cm³/mol. The van der Waals surface area contributed by atoms with Gasteiger partial charge in [-0.2, -0.15) is 0 Å². The lowest BCUT2D eigenvalue weighted by Gasteiger charge is -2.33. The number of benzene rings is 3. The summed E-state index contributed by atoms with van der Waals surface area (Å²) in [5.74, 6) is 0.973. The molecule has 3 aromatic rings. The number of hydrogen-bond acceptors (Lipinski definition) is 2. The maximum Gasteiger partial charge on any atom is 0.150 e. The second kappa shape index (κ2) is 6.53. The van der Waals surface area contributed by atoms with Crippen molar-refractivity contribution in [3.63, 3.8) is 0 Å². The van der Waals surface area contributed by atoms with Crippen LogP contribution in [-0.2, 0) is 5.60 Å².